The second-order valence-electron chi connectivity index (χ2n) is 4.17. The lowest BCUT2D eigenvalue weighted by molar-refractivity contribution is 0.476. The SMILES string of the molecule is Cn1c(-c2ccc(F)cc2)nc2ccc(O)cc21. The summed E-state index contributed by atoms with van der Waals surface area (Å²) < 4.78 is 14.8. The maximum atomic E-state index is 12.9. The highest BCUT2D eigenvalue weighted by Gasteiger charge is 2.10. The van der Waals surface area contributed by atoms with E-state index in [1.165, 1.54) is 12.1 Å². The van der Waals surface area contributed by atoms with Gasteiger partial charge in [0.15, 0.2) is 0 Å². The van der Waals surface area contributed by atoms with Gasteiger partial charge in [-0.25, -0.2) is 9.37 Å². The quantitative estimate of drug-likeness (QED) is 0.712. The molecule has 0 saturated heterocycles. The fourth-order valence-electron chi connectivity index (χ4n) is 2.04. The van der Waals surface area contributed by atoms with E-state index in [0.717, 1.165) is 22.4 Å². The lowest BCUT2D eigenvalue weighted by Gasteiger charge is -2.02. The average molecular weight is 242 g/mol. The van der Waals surface area contributed by atoms with Gasteiger partial charge < -0.3 is 9.67 Å². The zero-order valence-electron chi connectivity index (χ0n) is 9.76. The number of nitrogens with zero attached hydrogens (tertiary/aromatic N) is 2. The molecule has 18 heavy (non-hydrogen) atoms. The summed E-state index contributed by atoms with van der Waals surface area (Å²) in [5.74, 6) is 0.682. The topological polar surface area (TPSA) is 38.0 Å². The number of aryl methyl sites for hydroxylation is 1. The second kappa shape index (κ2) is 3.84. The lowest BCUT2D eigenvalue weighted by atomic mass is 10.2. The molecule has 4 heteroatoms. The number of rotatable bonds is 1. The molecule has 1 aromatic heterocycles. The minimum absolute atomic E-state index is 0.205. The number of imidazole rings is 1. The molecule has 0 radical (unpaired) electrons. The maximum absolute atomic E-state index is 12.9. The van der Waals surface area contributed by atoms with Crippen molar-refractivity contribution in [2.24, 2.45) is 7.05 Å². The first-order valence-corrected chi connectivity index (χ1v) is 5.56. The van der Waals surface area contributed by atoms with Crippen molar-refractivity contribution < 1.29 is 9.50 Å². The third-order valence-electron chi connectivity index (χ3n) is 2.97. The third-order valence-corrected chi connectivity index (χ3v) is 2.97. The van der Waals surface area contributed by atoms with E-state index >= 15 is 0 Å². The molecule has 2 aromatic carbocycles. The summed E-state index contributed by atoms with van der Waals surface area (Å²) in [6.07, 6.45) is 0. The fraction of sp³-hybridized carbons (Fsp3) is 0.0714. The molecule has 3 nitrogen and oxygen atoms in total. The van der Waals surface area contributed by atoms with E-state index in [1.54, 1.807) is 30.3 Å². The predicted molar refractivity (Wildman–Crippen MR) is 67.8 cm³/mol. The Morgan fingerprint density at radius 3 is 2.56 bits per heavy atom. The van der Waals surface area contributed by atoms with Crippen molar-refractivity contribution in [1.29, 1.82) is 0 Å². The third kappa shape index (κ3) is 1.62. The van der Waals surface area contributed by atoms with Crippen molar-refractivity contribution >= 4 is 11.0 Å². The van der Waals surface area contributed by atoms with Crippen molar-refractivity contribution in [3.05, 3.63) is 48.3 Å². The first kappa shape index (κ1) is 10.8. The van der Waals surface area contributed by atoms with Crippen LogP contribution >= 0.6 is 0 Å². The normalized spacial score (nSPS) is 11.0. The van der Waals surface area contributed by atoms with Crippen molar-refractivity contribution in [3.8, 4) is 17.1 Å². The maximum Gasteiger partial charge on any atom is 0.140 e. The van der Waals surface area contributed by atoms with Gasteiger partial charge in [0, 0.05) is 18.7 Å². The number of phenols is 1. The molecule has 1 heterocycles. The van der Waals surface area contributed by atoms with Crippen LogP contribution in [0.5, 0.6) is 5.75 Å². The Balaban J connectivity index is 2.23. The first-order valence-electron chi connectivity index (χ1n) is 5.56. The molecule has 3 aromatic rings. The molecule has 0 aliphatic heterocycles. The van der Waals surface area contributed by atoms with E-state index < -0.39 is 0 Å². The summed E-state index contributed by atoms with van der Waals surface area (Å²) >= 11 is 0. The van der Waals surface area contributed by atoms with Crippen LogP contribution in [0.1, 0.15) is 0 Å². The van der Waals surface area contributed by atoms with Crippen LogP contribution in [0.4, 0.5) is 4.39 Å². The van der Waals surface area contributed by atoms with Gasteiger partial charge in [0.25, 0.3) is 0 Å². The Morgan fingerprint density at radius 2 is 1.83 bits per heavy atom. The van der Waals surface area contributed by atoms with Crippen LogP contribution in [0.15, 0.2) is 42.5 Å². The number of hydrogen-bond acceptors (Lipinski definition) is 2. The molecular weight excluding hydrogens is 231 g/mol. The zero-order chi connectivity index (χ0) is 12.7. The molecule has 0 saturated carbocycles. The Hall–Kier alpha value is -2.36. The van der Waals surface area contributed by atoms with Gasteiger partial charge in [0.2, 0.25) is 0 Å². The van der Waals surface area contributed by atoms with Crippen LogP contribution in [0, 0.1) is 5.82 Å². The van der Waals surface area contributed by atoms with Crippen molar-refractivity contribution in [1.82, 2.24) is 9.55 Å². The number of aromatic nitrogens is 2. The van der Waals surface area contributed by atoms with E-state index in [9.17, 15) is 9.50 Å². The van der Waals surface area contributed by atoms with Gasteiger partial charge in [-0.05, 0) is 36.4 Å². The van der Waals surface area contributed by atoms with Gasteiger partial charge in [-0.2, -0.15) is 0 Å². The number of phenolic OH excluding ortho intramolecular Hbond substituents is 1. The molecule has 0 spiro atoms. The van der Waals surface area contributed by atoms with Gasteiger partial charge in [-0.15, -0.1) is 0 Å². The number of benzene rings is 2. The predicted octanol–water partition coefficient (Wildman–Crippen LogP) is 3.09. The highest BCUT2D eigenvalue weighted by molar-refractivity contribution is 5.81. The smallest absolute Gasteiger partial charge is 0.140 e. The van der Waals surface area contributed by atoms with Crippen molar-refractivity contribution in [2.45, 2.75) is 0 Å². The Kier molecular flexibility index (Phi) is 2.30. The zero-order valence-corrected chi connectivity index (χ0v) is 9.76. The van der Waals surface area contributed by atoms with Gasteiger partial charge in [-0.3, -0.25) is 0 Å². The monoisotopic (exact) mass is 242 g/mol. The number of hydrogen-bond donors (Lipinski definition) is 1. The molecule has 0 unspecified atom stereocenters. The highest BCUT2D eigenvalue weighted by atomic mass is 19.1. The summed E-state index contributed by atoms with van der Waals surface area (Å²) in [6.45, 7) is 0. The van der Waals surface area contributed by atoms with Gasteiger partial charge in [-0.1, -0.05) is 0 Å². The van der Waals surface area contributed by atoms with Crippen LogP contribution in [-0.2, 0) is 7.05 Å². The van der Waals surface area contributed by atoms with E-state index in [4.69, 9.17) is 0 Å². The Bertz CT molecular complexity index is 716. The standard InChI is InChI=1S/C14H11FN2O/c1-17-13-8-11(18)6-7-12(13)16-14(17)9-2-4-10(15)5-3-9/h2-8,18H,1H3. The first-order chi connectivity index (χ1) is 8.65. The van der Waals surface area contributed by atoms with E-state index in [-0.39, 0.29) is 11.6 Å². The molecule has 3 rings (SSSR count). The van der Waals surface area contributed by atoms with E-state index in [0.29, 0.717) is 0 Å². The minimum atomic E-state index is -0.268. The molecule has 0 aliphatic carbocycles. The molecule has 90 valence electrons. The summed E-state index contributed by atoms with van der Waals surface area (Å²) in [4.78, 5) is 4.48. The number of aromatic hydroxyl groups is 1. The van der Waals surface area contributed by atoms with E-state index in [2.05, 4.69) is 4.98 Å². The summed E-state index contributed by atoms with van der Waals surface area (Å²) in [6, 6.07) is 11.2. The molecule has 0 fully saturated rings. The molecule has 0 bridgehead atoms. The van der Waals surface area contributed by atoms with E-state index in [1.807, 2.05) is 11.6 Å². The summed E-state index contributed by atoms with van der Waals surface area (Å²) in [5.41, 5.74) is 2.48. The van der Waals surface area contributed by atoms with Crippen LogP contribution in [-0.4, -0.2) is 14.7 Å². The molecular formula is C14H11FN2O. The van der Waals surface area contributed by atoms with Gasteiger partial charge >= 0.3 is 0 Å². The lowest BCUT2D eigenvalue weighted by Crippen LogP contribution is -1.92. The highest BCUT2D eigenvalue weighted by Crippen LogP contribution is 2.26. The second-order valence-corrected chi connectivity index (χ2v) is 4.17. The largest absolute Gasteiger partial charge is 0.508 e. The molecule has 0 amide bonds. The molecule has 1 N–H and O–H groups in total. The average Bonchev–Trinajstić information content (AvgIpc) is 2.68. The van der Waals surface area contributed by atoms with Crippen molar-refractivity contribution in [3.63, 3.8) is 0 Å². The summed E-state index contributed by atoms with van der Waals surface area (Å²) in [7, 11) is 1.87. The Morgan fingerprint density at radius 1 is 1.11 bits per heavy atom. The van der Waals surface area contributed by atoms with Gasteiger partial charge in [0.05, 0.1) is 11.0 Å². The van der Waals surface area contributed by atoms with Crippen molar-refractivity contribution in [2.75, 3.05) is 0 Å². The number of fused-ring (bicyclic) bond motifs is 1. The summed E-state index contributed by atoms with van der Waals surface area (Å²) in [5, 5.41) is 9.48. The van der Waals surface area contributed by atoms with Crippen LogP contribution < -0.4 is 0 Å². The van der Waals surface area contributed by atoms with Gasteiger partial charge in [0.1, 0.15) is 17.4 Å². The van der Waals surface area contributed by atoms with Crippen LogP contribution in [0.3, 0.4) is 0 Å². The molecule has 0 atom stereocenters. The molecule has 0 aliphatic rings. The fourth-order valence-corrected chi connectivity index (χ4v) is 2.04. The number of halogens is 1. The Labute approximate surface area is 103 Å². The van der Waals surface area contributed by atoms with Crippen LogP contribution in [0.25, 0.3) is 22.4 Å². The van der Waals surface area contributed by atoms with Crippen LogP contribution in [0.2, 0.25) is 0 Å². The minimum Gasteiger partial charge on any atom is -0.508 e.